The Morgan fingerprint density at radius 2 is 1.92 bits per heavy atom. The molecule has 0 aromatic rings. The van der Waals surface area contributed by atoms with E-state index in [1.54, 1.807) is 0 Å². The third-order valence-corrected chi connectivity index (χ3v) is 5.43. The van der Waals surface area contributed by atoms with Gasteiger partial charge in [0.2, 0.25) is 0 Å². The van der Waals surface area contributed by atoms with Gasteiger partial charge in [0.25, 0.3) is 0 Å². The molecule has 152 valence electrons. The van der Waals surface area contributed by atoms with E-state index in [0.717, 1.165) is 45.5 Å². The summed E-state index contributed by atoms with van der Waals surface area (Å²) < 4.78 is 11.1. The molecular formula is C20H39N3O3. The zero-order valence-corrected chi connectivity index (χ0v) is 16.8. The summed E-state index contributed by atoms with van der Waals surface area (Å²) in [6, 6.07) is 0.359. The molecule has 2 unspecified atom stereocenters. The molecule has 2 aliphatic rings. The number of carbonyl (C=O) groups excluding carboxylic acids is 1. The SMILES string of the molecule is CC(C)C(CNC(=O)NCCCOCC1CCCO1)N1CCCCCC1. The summed E-state index contributed by atoms with van der Waals surface area (Å²) in [5.74, 6) is 0.541. The van der Waals surface area contributed by atoms with Crippen molar-refractivity contribution in [1.82, 2.24) is 15.5 Å². The van der Waals surface area contributed by atoms with E-state index in [9.17, 15) is 4.79 Å². The van der Waals surface area contributed by atoms with Crippen molar-refractivity contribution in [3.63, 3.8) is 0 Å². The molecule has 2 heterocycles. The number of amides is 2. The normalized spacial score (nSPS) is 23.0. The highest BCUT2D eigenvalue weighted by Gasteiger charge is 2.23. The lowest BCUT2D eigenvalue weighted by atomic mass is 10.0. The van der Waals surface area contributed by atoms with Crippen molar-refractivity contribution >= 4 is 6.03 Å². The number of hydrogen-bond donors (Lipinski definition) is 2. The molecular weight excluding hydrogens is 330 g/mol. The van der Waals surface area contributed by atoms with Crippen LogP contribution in [0, 0.1) is 5.92 Å². The second kappa shape index (κ2) is 12.5. The molecule has 6 heteroatoms. The Labute approximate surface area is 159 Å². The quantitative estimate of drug-likeness (QED) is 0.581. The maximum atomic E-state index is 12.1. The lowest BCUT2D eigenvalue weighted by molar-refractivity contribution is 0.0168. The van der Waals surface area contributed by atoms with Crippen LogP contribution < -0.4 is 10.6 Å². The van der Waals surface area contributed by atoms with Gasteiger partial charge in [0.05, 0.1) is 12.7 Å². The highest BCUT2D eigenvalue weighted by Crippen LogP contribution is 2.17. The van der Waals surface area contributed by atoms with Crippen LogP contribution in [-0.2, 0) is 9.47 Å². The predicted molar refractivity (Wildman–Crippen MR) is 104 cm³/mol. The first kappa shape index (κ1) is 21.5. The van der Waals surface area contributed by atoms with E-state index in [0.29, 0.717) is 31.7 Å². The number of ether oxygens (including phenoxy) is 2. The molecule has 2 fully saturated rings. The smallest absolute Gasteiger partial charge is 0.314 e. The summed E-state index contributed by atoms with van der Waals surface area (Å²) in [6.07, 6.45) is 8.59. The molecule has 0 aromatic heterocycles. The van der Waals surface area contributed by atoms with Crippen LogP contribution in [0.1, 0.15) is 58.8 Å². The summed E-state index contributed by atoms with van der Waals surface area (Å²) in [5, 5.41) is 6.01. The first-order chi connectivity index (χ1) is 12.7. The minimum absolute atomic E-state index is 0.0652. The zero-order chi connectivity index (χ0) is 18.6. The molecule has 6 nitrogen and oxygen atoms in total. The monoisotopic (exact) mass is 369 g/mol. The summed E-state index contributed by atoms with van der Waals surface area (Å²) in [5.41, 5.74) is 0. The average Bonchev–Trinajstić information content (AvgIpc) is 2.99. The molecule has 0 bridgehead atoms. The lowest BCUT2D eigenvalue weighted by Crippen LogP contribution is -2.49. The van der Waals surface area contributed by atoms with Crippen LogP contribution in [0.4, 0.5) is 4.79 Å². The Kier molecular flexibility index (Phi) is 10.3. The van der Waals surface area contributed by atoms with Crippen LogP contribution in [0.3, 0.4) is 0 Å². The molecule has 0 aromatic carbocycles. The molecule has 0 aliphatic carbocycles. The number of rotatable bonds is 10. The topological polar surface area (TPSA) is 62.8 Å². The maximum Gasteiger partial charge on any atom is 0.314 e. The molecule has 2 amide bonds. The molecule has 26 heavy (non-hydrogen) atoms. The van der Waals surface area contributed by atoms with Gasteiger partial charge in [-0.05, 0) is 51.1 Å². The summed E-state index contributed by atoms with van der Waals surface area (Å²) >= 11 is 0. The van der Waals surface area contributed by atoms with Crippen molar-refractivity contribution in [2.45, 2.75) is 70.9 Å². The highest BCUT2D eigenvalue weighted by molar-refractivity contribution is 5.73. The predicted octanol–water partition coefficient (Wildman–Crippen LogP) is 2.77. The van der Waals surface area contributed by atoms with Gasteiger partial charge in [0, 0.05) is 32.3 Å². The van der Waals surface area contributed by atoms with E-state index < -0.39 is 0 Å². The largest absolute Gasteiger partial charge is 0.379 e. The second-order valence-electron chi connectivity index (χ2n) is 7.96. The summed E-state index contributed by atoms with van der Waals surface area (Å²) in [6.45, 7) is 10.4. The molecule has 2 atom stereocenters. The van der Waals surface area contributed by atoms with Gasteiger partial charge in [0.1, 0.15) is 0 Å². The first-order valence-electron chi connectivity index (χ1n) is 10.6. The minimum Gasteiger partial charge on any atom is -0.379 e. The van der Waals surface area contributed by atoms with E-state index in [-0.39, 0.29) is 12.1 Å². The third-order valence-electron chi connectivity index (χ3n) is 5.43. The van der Waals surface area contributed by atoms with Gasteiger partial charge in [-0.25, -0.2) is 4.79 Å². The van der Waals surface area contributed by atoms with Gasteiger partial charge in [-0.2, -0.15) is 0 Å². The Hall–Kier alpha value is -0.850. The van der Waals surface area contributed by atoms with E-state index in [1.807, 2.05) is 0 Å². The Bertz CT molecular complexity index is 378. The molecule has 2 aliphatic heterocycles. The number of nitrogens with zero attached hydrogens (tertiary/aromatic N) is 1. The number of carbonyl (C=O) groups is 1. The fourth-order valence-corrected chi connectivity index (χ4v) is 3.84. The highest BCUT2D eigenvalue weighted by atomic mass is 16.5. The van der Waals surface area contributed by atoms with Crippen LogP contribution in [-0.4, -0.2) is 69.1 Å². The van der Waals surface area contributed by atoms with Crippen molar-refractivity contribution in [3.05, 3.63) is 0 Å². The summed E-state index contributed by atoms with van der Waals surface area (Å²) in [4.78, 5) is 14.6. The fraction of sp³-hybridized carbons (Fsp3) is 0.950. The molecule has 2 rings (SSSR count). The number of likely N-dealkylation sites (tertiary alicyclic amines) is 1. The number of urea groups is 1. The Morgan fingerprint density at radius 3 is 2.58 bits per heavy atom. The van der Waals surface area contributed by atoms with Crippen LogP contribution >= 0.6 is 0 Å². The minimum atomic E-state index is -0.0652. The van der Waals surface area contributed by atoms with Gasteiger partial charge in [-0.15, -0.1) is 0 Å². The lowest BCUT2D eigenvalue weighted by Gasteiger charge is -2.33. The number of nitrogens with one attached hydrogen (secondary N) is 2. The van der Waals surface area contributed by atoms with E-state index in [4.69, 9.17) is 9.47 Å². The standard InChI is InChI=1S/C20H39N3O3/c1-17(2)19(23-11-5-3-4-6-12-23)15-22-20(24)21-10-8-13-25-16-18-9-7-14-26-18/h17-19H,3-16H2,1-2H3,(H2,21,22,24). The molecule has 0 spiro atoms. The van der Waals surface area contributed by atoms with E-state index >= 15 is 0 Å². The first-order valence-corrected chi connectivity index (χ1v) is 10.6. The van der Waals surface area contributed by atoms with Gasteiger partial charge >= 0.3 is 6.03 Å². The van der Waals surface area contributed by atoms with Gasteiger partial charge < -0.3 is 20.1 Å². The molecule has 2 N–H and O–H groups in total. The van der Waals surface area contributed by atoms with Crippen molar-refractivity contribution in [2.75, 3.05) is 46.0 Å². The maximum absolute atomic E-state index is 12.1. The third kappa shape index (κ3) is 8.23. The van der Waals surface area contributed by atoms with Gasteiger partial charge in [-0.3, -0.25) is 4.90 Å². The van der Waals surface area contributed by atoms with E-state index in [1.165, 1.54) is 25.7 Å². The fourth-order valence-electron chi connectivity index (χ4n) is 3.84. The van der Waals surface area contributed by atoms with Crippen LogP contribution in [0.15, 0.2) is 0 Å². The van der Waals surface area contributed by atoms with Crippen LogP contribution in [0.25, 0.3) is 0 Å². The molecule has 0 saturated carbocycles. The second-order valence-corrected chi connectivity index (χ2v) is 7.96. The molecule has 0 radical (unpaired) electrons. The number of hydrogen-bond acceptors (Lipinski definition) is 4. The zero-order valence-electron chi connectivity index (χ0n) is 16.8. The molecule has 2 saturated heterocycles. The van der Waals surface area contributed by atoms with Crippen molar-refractivity contribution in [2.24, 2.45) is 5.92 Å². The van der Waals surface area contributed by atoms with Crippen molar-refractivity contribution in [3.8, 4) is 0 Å². The summed E-state index contributed by atoms with van der Waals surface area (Å²) in [7, 11) is 0. The average molecular weight is 370 g/mol. The van der Waals surface area contributed by atoms with Gasteiger partial charge in [0.15, 0.2) is 0 Å². The Balaban J connectivity index is 1.54. The Morgan fingerprint density at radius 1 is 1.15 bits per heavy atom. The van der Waals surface area contributed by atoms with Gasteiger partial charge in [-0.1, -0.05) is 26.7 Å². The van der Waals surface area contributed by atoms with E-state index in [2.05, 4.69) is 29.4 Å². The van der Waals surface area contributed by atoms with Crippen molar-refractivity contribution in [1.29, 1.82) is 0 Å². The van der Waals surface area contributed by atoms with Crippen LogP contribution in [0.2, 0.25) is 0 Å². The van der Waals surface area contributed by atoms with Crippen molar-refractivity contribution < 1.29 is 14.3 Å². The van der Waals surface area contributed by atoms with Crippen LogP contribution in [0.5, 0.6) is 0 Å².